The Morgan fingerprint density at radius 1 is 1.00 bits per heavy atom. The molecule has 0 bridgehead atoms. The van der Waals surface area contributed by atoms with Crippen LogP contribution in [0.1, 0.15) is 5.56 Å². The molecular weight excluding hydrogens is 337 g/mol. The number of benzene rings is 2. The second-order valence-corrected chi connectivity index (χ2v) is 7.50. The normalized spacial score (nSPS) is 11.4. The largest absolute Gasteiger partial charge is 0.263 e. The van der Waals surface area contributed by atoms with Gasteiger partial charge in [0.05, 0.1) is 4.90 Å². The maximum Gasteiger partial charge on any atom is 0.263 e. The van der Waals surface area contributed by atoms with E-state index in [1.165, 1.54) is 24.3 Å². The van der Waals surface area contributed by atoms with Gasteiger partial charge in [0.25, 0.3) is 10.0 Å². The average Bonchev–Trinajstić information content (AvgIpc) is 2.96. The Kier molecular flexibility index (Phi) is 4.10. The van der Waals surface area contributed by atoms with E-state index in [1.54, 1.807) is 24.3 Å². The van der Waals surface area contributed by atoms with Crippen molar-refractivity contribution in [2.75, 3.05) is 4.72 Å². The molecule has 0 unspecified atom stereocenters. The zero-order chi connectivity index (χ0) is 16.4. The number of anilines is 1. The maximum atomic E-state index is 12.9. The summed E-state index contributed by atoms with van der Waals surface area (Å²) in [5.41, 5.74) is 1.64. The Balaban J connectivity index is 1.83. The van der Waals surface area contributed by atoms with E-state index in [-0.39, 0.29) is 15.8 Å². The molecule has 0 saturated heterocycles. The molecule has 23 heavy (non-hydrogen) atoms. The zero-order valence-electron chi connectivity index (χ0n) is 12.0. The van der Waals surface area contributed by atoms with E-state index in [9.17, 15) is 12.8 Å². The summed E-state index contributed by atoms with van der Waals surface area (Å²) >= 11 is 1.08. The van der Waals surface area contributed by atoms with Crippen molar-refractivity contribution in [2.45, 2.75) is 11.8 Å². The van der Waals surface area contributed by atoms with Gasteiger partial charge >= 0.3 is 0 Å². The van der Waals surface area contributed by atoms with Gasteiger partial charge < -0.3 is 0 Å². The number of hydrogen-bond donors (Lipinski definition) is 1. The van der Waals surface area contributed by atoms with Crippen LogP contribution in [-0.2, 0) is 10.0 Å². The third-order valence-corrected chi connectivity index (χ3v) is 5.44. The van der Waals surface area contributed by atoms with Crippen LogP contribution in [0, 0.1) is 12.7 Å². The highest BCUT2D eigenvalue weighted by Gasteiger charge is 2.17. The van der Waals surface area contributed by atoms with E-state index in [0.717, 1.165) is 16.9 Å². The van der Waals surface area contributed by atoms with Crippen LogP contribution in [0.3, 0.4) is 0 Å². The Bertz CT molecular complexity index is 920. The minimum Gasteiger partial charge on any atom is -0.253 e. The topological polar surface area (TPSA) is 72.0 Å². The number of sulfonamides is 1. The number of rotatable bonds is 4. The molecule has 0 fully saturated rings. The van der Waals surface area contributed by atoms with Crippen LogP contribution in [0.4, 0.5) is 9.52 Å². The van der Waals surface area contributed by atoms with Crippen molar-refractivity contribution in [3.8, 4) is 10.6 Å². The predicted octanol–water partition coefficient (Wildman–Crippen LogP) is 3.45. The molecule has 0 aliphatic heterocycles. The van der Waals surface area contributed by atoms with Crippen molar-refractivity contribution < 1.29 is 12.8 Å². The Morgan fingerprint density at radius 2 is 1.65 bits per heavy atom. The molecule has 8 heteroatoms. The first kappa shape index (κ1) is 15.6. The molecule has 0 atom stereocenters. The van der Waals surface area contributed by atoms with Gasteiger partial charge in [-0.2, -0.15) is 0 Å². The smallest absolute Gasteiger partial charge is 0.253 e. The fourth-order valence-corrected chi connectivity index (χ4v) is 3.84. The Hall–Kier alpha value is -2.32. The van der Waals surface area contributed by atoms with Crippen LogP contribution >= 0.6 is 11.3 Å². The summed E-state index contributed by atoms with van der Waals surface area (Å²) in [6.07, 6.45) is 0. The van der Waals surface area contributed by atoms with E-state index >= 15 is 0 Å². The first-order valence-corrected chi connectivity index (χ1v) is 8.93. The summed E-state index contributed by atoms with van der Waals surface area (Å²) < 4.78 is 39.9. The SMILES string of the molecule is Cc1ccc(S(=O)(=O)Nc2nnc(-c3ccc(F)cc3)s2)cc1. The van der Waals surface area contributed by atoms with Gasteiger partial charge in [-0.15, -0.1) is 10.2 Å². The number of nitrogens with zero attached hydrogens (tertiary/aromatic N) is 2. The molecule has 0 spiro atoms. The summed E-state index contributed by atoms with van der Waals surface area (Å²) in [5.74, 6) is -0.349. The molecule has 1 heterocycles. The molecule has 118 valence electrons. The van der Waals surface area contributed by atoms with Gasteiger partial charge in [-0.3, -0.25) is 4.72 Å². The van der Waals surface area contributed by atoms with Crippen LogP contribution in [-0.4, -0.2) is 18.6 Å². The highest BCUT2D eigenvalue weighted by atomic mass is 32.2. The number of aryl methyl sites for hydroxylation is 1. The number of aromatic nitrogens is 2. The fraction of sp³-hybridized carbons (Fsp3) is 0.0667. The van der Waals surface area contributed by atoms with Crippen molar-refractivity contribution in [3.05, 3.63) is 59.9 Å². The second-order valence-electron chi connectivity index (χ2n) is 4.84. The van der Waals surface area contributed by atoms with Gasteiger partial charge in [0.1, 0.15) is 10.8 Å². The molecule has 1 aromatic heterocycles. The maximum absolute atomic E-state index is 12.9. The van der Waals surface area contributed by atoms with Crippen LogP contribution in [0.15, 0.2) is 53.4 Å². The van der Waals surface area contributed by atoms with E-state index in [0.29, 0.717) is 10.6 Å². The minimum atomic E-state index is -3.71. The predicted molar refractivity (Wildman–Crippen MR) is 87.3 cm³/mol. The molecule has 3 rings (SSSR count). The van der Waals surface area contributed by atoms with Crippen LogP contribution in [0.2, 0.25) is 0 Å². The van der Waals surface area contributed by atoms with Crippen molar-refractivity contribution in [1.82, 2.24) is 10.2 Å². The molecule has 0 radical (unpaired) electrons. The molecule has 0 amide bonds. The highest BCUT2D eigenvalue weighted by Crippen LogP contribution is 2.27. The molecule has 5 nitrogen and oxygen atoms in total. The van der Waals surface area contributed by atoms with Gasteiger partial charge in [-0.05, 0) is 43.3 Å². The first-order chi connectivity index (χ1) is 10.9. The third kappa shape index (κ3) is 3.54. The van der Waals surface area contributed by atoms with E-state index < -0.39 is 10.0 Å². The van der Waals surface area contributed by atoms with Gasteiger partial charge in [0.2, 0.25) is 5.13 Å². The quantitative estimate of drug-likeness (QED) is 0.783. The van der Waals surface area contributed by atoms with E-state index in [2.05, 4.69) is 14.9 Å². The number of nitrogens with one attached hydrogen (secondary N) is 1. The minimum absolute atomic E-state index is 0.154. The van der Waals surface area contributed by atoms with Crippen molar-refractivity contribution in [3.63, 3.8) is 0 Å². The summed E-state index contributed by atoms with van der Waals surface area (Å²) in [4.78, 5) is 0.154. The molecule has 3 aromatic rings. The van der Waals surface area contributed by atoms with E-state index in [4.69, 9.17) is 0 Å². The first-order valence-electron chi connectivity index (χ1n) is 6.63. The average molecular weight is 349 g/mol. The van der Waals surface area contributed by atoms with Crippen molar-refractivity contribution >= 4 is 26.5 Å². The number of hydrogen-bond acceptors (Lipinski definition) is 5. The summed E-state index contributed by atoms with van der Waals surface area (Å²) in [5, 5.41) is 8.42. The molecule has 2 aromatic carbocycles. The van der Waals surface area contributed by atoms with E-state index in [1.807, 2.05) is 6.92 Å². The number of halogens is 1. The third-order valence-electron chi connectivity index (χ3n) is 3.07. The summed E-state index contributed by atoms with van der Waals surface area (Å²) in [6.45, 7) is 1.88. The van der Waals surface area contributed by atoms with Gasteiger partial charge in [-0.25, -0.2) is 12.8 Å². The van der Waals surface area contributed by atoms with Crippen molar-refractivity contribution in [2.24, 2.45) is 0 Å². The molecule has 1 N–H and O–H groups in total. The lowest BCUT2D eigenvalue weighted by molar-refractivity contribution is 0.601. The zero-order valence-corrected chi connectivity index (χ0v) is 13.7. The summed E-state index contributed by atoms with van der Waals surface area (Å²) in [7, 11) is -3.71. The van der Waals surface area contributed by atoms with Crippen molar-refractivity contribution in [1.29, 1.82) is 0 Å². The standard InChI is InChI=1S/C15H12FN3O2S2/c1-10-2-8-13(9-3-10)23(20,21)19-15-18-17-14(22-15)11-4-6-12(16)7-5-11/h2-9H,1H3,(H,18,19). The van der Waals surface area contributed by atoms with Gasteiger partial charge in [-0.1, -0.05) is 29.0 Å². The lowest BCUT2D eigenvalue weighted by Gasteiger charge is -2.04. The molecular formula is C15H12FN3O2S2. The fourth-order valence-electron chi connectivity index (χ4n) is 1.86. The molecule has 0 aliphatic rings. The lowest BCUT2D eigenvalue weighted by atomic mass is 10.2. The second kappa shape index (κ2) is 6.05. The Labute approximate surface area is 136 Å². The molecule has 0 aliphatic carbocycles. The molecule has 0 saturated carbocycles. The van der Waals surface area contributed by atoms with Gasteiger partial charge in [0, 0.05) is 5.56 Å². The summed E-state index contributed by atoms with van der Waals surface area (Å²) in [6, 6.07) is 12.2. The lowest BCUT2D eigenvalue weighted by Crippen LogP contribution is -2.12. The Morgan fingerprint density at radius 3 is 2.30 bits per heavy atom. The van der Waals surface area contributed by atoms with Crippen LogP contribution < -0.4 is 4.72 Å². The van der Waals surface area contributed by atoms with Crippen LogP contribution in [0.5, 0.6) is 0 Å². The van der Waals surface area contributed by atoms with Crippen LogP contribution in [0.25, 0.3) is 10.6 Å². The van der Waals surface area contributed by atoms with Gasteiger partial charge in [0.15, 0.2) is 0 Å². The highest BCUT2D eigenvalue weighted by molar-refractivity contribution is 7.93. The monoisotopic (exact) mass is 349 g/mol.